The van der Waals surface area contributed by atoms with Gasteiger partial charge in [0.1, 0.15) is 0 Å². The molecule has 116 valence electrons. The summed E-state index contributed by atoms with van der Waals surface area (Å²) in [6.45, 7) is 5.46. The second-order valence-corrected chi connectivity index (χ2v) is 6.56. The van der Waals surface area contributed by atoms with Gasteiger partial charge in [0.15, 0.2) is 0 Å². The van der Waals surface area contributed by atoms with Crippen LogP contribution in [0.3, 0.4) is 0 Å². The van der Waals surface area contributed by atoms with Crippen molar-refractivity contribution >= 4 is 11.6 Å². The van der Waals surface area contributed by atoms with E-state index in [1.807, 2.05) is 6.07 Å². The van der Waals surface area contributed by atoms with Gasteiger partial charge in [0.05, 0.1) is 6.04 Å². The van der Waals surface area contributed by atoms with Crippen molar-refractivity contribution in [1.29, 1.82) is 0 Å². The lowest BCUT2D eigenvalue weighted by molar-refractivity contribution is 0.539. The molecule has 0 saturated heterocycles. The zero-order valence-corrected chi connectivity index (χ0v) is 14.2. The number of aryl methyl sites for hydroxylation is 1. The topological polar surface area (TPSA) is 12.0 Å². The molecule has 0 aromatic heterocycles. The standard InChI is InChI=1S/C19H28ClN/c1-3-13-21-19(16-9-7-5-4-6-8-10-16)18-14-17(20)12-11-15(18)2/h9,11-12,14,19,21H,3-8,10,13H2,1-2H3/b16-9+. The summed E-state index contributed by atoms with van der Waals surface area (Å²) in [4.78, 5) is 0. The minimum Gasteiger partial charge on any atom is -0.307 e. The van der Waals surface area contributed by atoms with Gasteiger partial charge in [-0.1, -0.05) is 49.1 Å². The molecule has 0 radical (unpaired) electrons. The lowest BCUT2D eigenvalue weighted by atomic mass is 9.89. The molecular weight excluding hydrogens is 278 g/mol. The Balaban J connectivity index is 2.29. The zero-order chi connectivity index (χ0) is 15.1. The van der Waals surface area contributed by atoms with E-state index in [-0.39, 0.29) is 0 Å². The highest BCUT2D eigenvalue weighted by Gasteiger charge is 2.18. The van der Waals surface area contributed by atoms with E-state index < -0.39 is 0 Å². The van der Waals surface area contributed by atoms with Crippen molar-refractivity contribution < 1.29 is 0 Å². The number of nitrogens with one attached hydrogen (secondary N) is 1. The lowest BCUT2D eigenvalue weighted by Gasteiger charge is -2.25. The van der Waals surface area contributed by atoms with Crippen molar-refractivity contribution in [3.8, 4) is 0 Å². The third-order valence-electron chi connectivity index (χ3n) is 4.35. The van der Waals surface area contributed by atoms with Crippen LogP contribution < -0.4 is 5.32 Å². The average Bonchev–Trinajstić information content (AvgIpc) is 2.44. The maximum absolute atomic E-state index is 6.24. The van der Waals surface area contributed by atoms with Gasteiger partial charge < -0.3 is 5.32 Å². The molecule has 2 heteroatoms. The van der Waals surface area contributed by atoms with Crippen molar-refractivity contribution in [2.45, 2.75) is 64.8 Å². The van der Waals surface area contributed by atoms with Gasteiger partial charge in [-0.25, -0.2) is 0 Å². The molecule has 1 atom stereocenters. The van der Waals surface area contributed by atoms with E-state index >= 15 is 0 Å². The van der Waals surface area contributed by atoms with Crippen molar-refractivity contribution in [3.63, 3.8) is 0 Å². The van der Waals surface area contributed by atoms with Crippen molar-refractivity contribution in [2.24, 2.45) is 0 Å². The Kier molecular flexibility index (Phi) is 6.79. The van der Waals surface area contributed by atoms with E-state index in [2.05, 4.69) is 37.4 Å². The van der Waals surface area contributed by atoms with Gasteiger partial charge in [-0.2, -0.15) is 0 Å². The fourth-order valence-electron chi connectivity index (χ4n) is 3.13. The third kappa shape index (κ3) is 4.86. The normalized spacial score (nSPS) is 20.2. The fourth-order valence-corrected chi connectivity index (χ4v) is 3.31. The van der Waals surface area contributed by atoms with E-state index in [0.717, 1.165) is 18.0 Å². The van der Waals surface area contributed by atoms with Crippen LogP contribution in [0.25, 0.3) is 0 Å². The molecule has 1 N–H and O–H groups in total. The summed E-state index contributed by atoms with van der Waals surface area (Å²) in [6, 6.07) is 6.61. The maximum atomic E-state index is 6.24. The van der Waals surface area contributed by atoms with Gasteiger partial charge in [0.2, 0.25) is 0 Å². The van der Waals surface area contributed by atoms with Crippen LogP contribution in [0.2, 0.25) is 5.02 Å². The van der Waals surface area contributed by atoms with Crippen LogP contribution in [0.4, 0.5) is 0 Å². The van der Waals surface area contributed by atoms with Crippen LogP contribution in [-0.4, -0.2) is 6.54 Å². The first-order valence-corrected chi connectivity index (χ1v) is 8.78. The largest absolute Gasteiger partial charge is 0.307 e. The predicted molar refractivity (Wildman–Crippen MR) is 93.0 cm³/mol. The number of rotatable bonds is 5. The molecule has 0 fully saturated rings. The summed E-state index contributed by atoms with van der Waals surface area (Å²) >= 11 is 6.24. The molecule has 1 aliphatic carbocycles. The Bertz CT molecular complexity index is 478. The van der Waals surface area contributed by atoms with Gasteiger partial charge in [0, 0.05) is 5.02 Å². The first-order valence-electron chi connectivity index (χ1n) is 8.40. The van der Waals surface area contributed by atoms with E-state index in [0.29, 0.717) is 6.04 Å². The predicted octanol–water partition coefficient (Wildman–Crippen LogP) is 5.97. The van der Waals surface area contributed by atoms with Crippen LogP contribution in [0.1, 0.15) is 69.0 Å². The molecule has 1 nitrogen and oxygen atoms in total. The molecule has 1 aromatic rings. The lowest BCUT2D eigenvalue weighted by Crippen LogP contribution is -2.25. The molecule has 1 aromatic carbocycles. The Hall–Kier alpha value is -0.790. The molecule has 2 rings (SSSR count). The van der Waals surface area contributed by atoms with Crippen LogP contribution >= 0.6 is 11.6 Å². The molecule has 0 saturated carbocycles. The number of halogens is 1. The van der Waals surface area contributed by atoms with E-state index in [1.54, 1.807) is 5.57 Å². The van der Waals surface area contributed by atoms with Crippen LogP contribution in [0.15, 0.2) is 29.8 Å². The van der Waals surface area contributed by atoms with Gasteiger partial charge >= 0.3 is 0 Å². The molecule has 0 amide bonds. The first-order chi connectivity index (χ1) is 10.2. The highest BCUT2D eigenvalue weighted by molar-refractivity contribution is 6.30. The third-order valence-corrected chi connectivity index (χ3v) is 4.58. The van der Waals surface area contributed by atoms with Crippen molar-refractivity contribution in [1.82, 2.24) is 5.32 Å². The molecule has 21 heavy (non-hydrogen) atoms. The van der Waals surface area contributed by atoms with Crippen molar-refractivity contribution in [3.05, 3.63) is 46.0 Å². The monoisotopic (exact) mass is 305 g/mol. The van der Waals surface area contributed by atoms with Crippen LogP contribution in [0.5, 0.6) is 0 Å². The summed E-state index contributed by atoms with van der Waals surface area (Å²) < 4.78 is 0. The minimum atomic E-state index is 0.335. The quantitative estimate of drug-likeness (QED) is 0.661. The number of hydrogen-bond donors (Lipinski definition) is 1. The Morgan fingerprint density at radius 2 is 2.00 bits per heavy atom. The summed E-state index contributed by atoms with van der Waals surface area (Å²) in [5.41, 5.74) is 4.24. The van der Waals surface area contributed by atoms with Crippen LogP contribution in [0, 0.1) is 6.92 Å². The number of benzene rings is 1. The van der Waals surface area contributed by atoms with E-state index in [1.165, 1.54) is 49.7 Å². The summed E-state index contributed by atoms with van der Waals surface area (Å²) in [7, 11) is 0. The maximum Gasteiger partial charge on any atom is 0.0539 e. The molecular formula is C19H28ClN. The molecule has 0 heterocycles. The molecule has 0 spiro atoms. The average molecular weight is 306 g/mol. The van der Waals surface area contributed by atoms with E-state index in [9.17, 15) is 0 Å². The summed E-state index contributed by atoms with van der Waals surface area (Å²) in [5.74, 6) is 0. The molecule has 1 unspecified atom stereocenters. The SMILES string of the molecule is CCCNC(/C1=C/CCCCCC1)c1cc(Cl)ccc1C. The van der Waals surface area contributed by atoms with Gasteiger partial charge in [-0.3, -0.25) is 0 Å². The first kappa shape index (κ1) is 16.6. The number of allylic oxidation sites excluding steroid dienone is 1. The Morgan fingerprint density at radius 1 is 1.19 bits per heavy atom. The fraction of sp³-hybridized carbons (Fsp3) is 0.579. The highest BCUT2D eigenvalue weighted by atomic mass is 35.5. The smallest absolute Gasteiger partial charge is 0.0539 e. The summed E-state index contributed by atoms with van der Waals surface area (Å²) in [6.07, 6.45) is 11.5. The second kappa shape index (κ2) is 8.60. The van der Waals surface area contributed by atoms with Crippen molar-refractivity contribution in [2.75, 3.05) is 6.54 Å². The van der Waals surface area contributed by atoms with Gasteiger partial charge in [-0.05, 0) is 68.8 Å². The zero-order valence-electron chi connectivity index (χ0n) is 13.4. The molecule has 0 bridgehead atoms. The number of hydrogen-bond acceptors (Lipinski definition) is 1. The van der Waals surface area contributed by atoms with Gasteiger partial charge in [-0.15, -0.1) is 0 Å². The van der Waals surface area contributed by atoms with Gasteiger partial charge in [0.25, 0.3) is 0 Å². The highest BCUT2D eigenvalue weighted by Crippen LogP contribution is 2.32. The van der Waals surface area contributed by atoms with Crippen LogP contribution in [-0.2, 0) is 0 Å². The Labute approximate surface area is 134 Å². The minimum absolute atomic E-state index is 0.335. The second-order valence-electron chi connectivity index (χ2n) is 6.12. The van der Waals surface area contributed by atoms with E-state index in [4.69, 9.17) is 11.6 Å². The Morgan fingerprint density at radius 3 is 2.81 bits per heavy atom. The molecule has 0 aliphatic heterocycles. The molecule has 1 aliphatic rings. The summed E-state index contributed by atoms with van der Waals surface area (Å²) in [5, 5.41) is 4.58.